The van der Waals surface area contributed by atoms with Gasteiger partial charge >= 0.3 is 0 Å². The average molecular weight is 605 g/mol. The third kappa shape index (κ3) is 3.55. The van der Waals surface area contributed by atoms with Crippen molar-refractivity contribution in [1.29, 1.82) is 0 Å². The van der Waals surface area contributed by atoms with Crippen LogP contribution in [0.3, 0.4) is 0 Å². The lowest BCUT2D eigenvalue weighted by molar-refractivity contribution is 1.64. The lowest BCUT2D eigenvalue weighted by atomic mass is 9.86. The predicted molar refractivity (Wildman–Crippen MR) is 207 cm³/mol. The van der Waals surface area contributed by atoms with E-state index in [9.17, 15) is 0 Å². The van der Waals surface area contributed by atoms with E-state index in [2.05, 4.69) is 170 Å². The van der Waals surface area contributed by atoms with E-state index >= 15 is 0 Å². The molecular weight excluding hydrogens is 577 g/mol. The largest absolute Gasteiger partial charge is 0.0622 e. The third-order valence-corrected chi connectivity index (χ3v) is 10.7. The van der Waals surface area contributed by atoms with Gasteiger partial charge < -0.3 is 0 Å². The Morgan fingerprint density at radius 3 is 1.58 bits per heavy atom. The molecule has 0 unspecified atom stereocenters. The summed E-state index contributed by atoms with van der Waals surface area (Å²) in [5.74, 6) is 0. The van der Waals surface area contributed by atoms with E-state index in [1.165, 1.54) is 109 Å². The van der Waals surface area contributed by atoms with E-state index in [-0.39, 0.29) is 0 Å². The van der Waals surface area contributed by atoms with Gasteiger partial charge in [-0.1, -0.05) is 133 Å². The lowest BCUT2D eigenvalue weighted by Gasteiger charge is -2.17. The topological polar surface area (TPSA) is 0 Å². The van der Waals surface area contributed by atoms with Crippen LogP contribution < -0.4 is 0 Å². The summed E-state index contributed by atoms with van der Waals surface area (Å²) in [6, 6.07) is 63.3. The van der Waals surface area contributed by atoms with Gasteiger partial charge in [-0.2, -0.15) is 0 Å². The Balaban J connectivity index is 1.22. The van der Waals surface area contributed by atoms with E-state index < -0.39 is 0 Å². The molecule has 0 N–H and O–H groups in total. The minimum atomic E-state index is 1.25. The number of benzene rings is 10. The first-order chi connectivity index (χ1) is 23.8. The molecule has 0 heteroatoms. The number of fused-ring (bicyclic) bond motifs is 11. The highest BCUT2D eigenvalue weighted by molar-refractivity contribution is 6.30. The van der Waals surface area contributed by atoms with E-state index in [1.807, 2.05) is 0 Å². The van der Waals surface area contributed by atoms with Crippen molar-refractivity contribution < 1.29 is 0 Å². The number of rotatable bonds is 2. The van der Waals surface area contributed by atoms with Gasteiger partial charge in [0.25, 0.3) is 0 Å². The Labute approximate surface area is 278 Å². The highest BCUT2D eigenvalue weighted by Gasteiger charge is 2.25. The molecule has 11 rings (SSSR count). The third-order valence-electron chi connectivity index (χ3n) is 10.7. The Morgan fingerprint density at radius 2 is 0.771 bits per heavy atom. The van der Waals surface area contributed by atoms with Crippen LogP contribution in [0.5, 0.6) is 0 Å². The monoisotopic (exact) mass is 604 g/mol. The van der Waals surface area contributed by atoms with Crippen LogP contribution in [0.15, 0.2) is 170 Å². The lowest BCUT2D eigenvalue weighted by Crippen LogP contribution is -1.89. The fourth-order valence-corrected chi connectivity index (χ4v) is 8.55. The van der Waals surface area contributed by atoms with Gasteiger partial charge in [-0.3, -0.25) is 0 Å². The second-order valence-electron chi connectivity index (χ2n) is 13.2. The van der Waals surface area contributed by atoms with Gasteiger partial charge in [0.2, 0.25) is 0 Å². The molecule has 0 saturated heterocycles. The smallest absolute Gasteiger partial charge is 0.00199 e. The van der Waals surface area contributed by atoms with Gasteiger partial charge in [0.05, 0.1) is 0 Å². The predicted octanol–water partition coefficient (Wildman–Crippen LogP) is 13.6. The second-order valence-corrected chi connectivity index (χ2v) is 13.2. The summed E-state index contributed by atoms with van der Waals surface area (Å²) in [7, 11) is 0. The highest BCUT2D eigenvalue weighted by atomic mass is 14.3. The Kier molecular flexibility index (Phi) is 5.20. The van der Waals surface area contributed by atoms with Crippen LogP contribution in [0.2, 0.25) is 0 Å². The fraction of sp³-hybridized carbons (Fsp3) is 0. The van der Waals surface area contributed by atoms with Crippen LogP contribution in [-0.4, -0.2) is 0 Å². The van der Waals surface area contributed by atoms with Crippen LogP contribution >= 0.6 is 0 Å². The first kappa shape index (κ1) is 25.9. The summed E-state index contributed by atoms with van der Waals surface area (Å²) in [5, 5.41) is 15.6. The van der Waals surface area contributed by atoms with Crippen molar-refractivity contribution in [3.05, 3.63) is 170 Å². The number of hydrogen-bond acceptors (Lipinski definition) is 0. The molecule has 0 bridgehead atoms. The molecule has 0 saturated carbocycles. The molecule has 1 aliphatic rings. The zero-order valence-corrected chi connectivity index (χ0v) is 26.2. The summed E-state index contributed by atoms with van der Waals surface area (Å²) < 4.78 is 0. The van der Waals surface area contributed by atoms with Crippen molar-refractivity contribution in [3.8, 4) is 44.5 Å². The minimum absolute atomic E-state index is 1.25. The van der Waals surface area contributed by atoms with Crippen molar-refractivity contribution in [3.63, 3.8) is 0 Å². The molecule has 0 atom stereocenters. The molecule has 0 aliphatic heterocycles. The maximum atomic E-state index is 2.47. The van der Waals surface area contributed by atoms with Crippen LogP contribution in [0.25, 0.3) is 109 Å². The van der Waals surface area contributed by atoms with Crippen LogP contribution in [0.4, 0.5) is 0 Å². The van der Waals surface area contributed by atoms with E-state index in [1.54, 1.807) is 0 Å². The Hall–Kier alpha value is -6.24. The summed E-state index contributed by atoms with van der Waals surface area (Å²) in [5.41, 5.74) is 10.4. The van der Waals surface area contributed by atoms with Gasteiger partial charge in [-0.15, -0.1) is 0 Å². The van der Waals surface area contributed by atoms with Crippen LogP contribution in [0.1, 0.15) is 0 Å². The van der Waals surface area contributed by atoms with Crippen molar-refractivity contribution in [2.45, 2.75) is 0 Å². The molecule has 220 valence electrons. The first-order valence-corrected chi connectivity index (χ1v) is 16.8. The van der Waals surface area contributed by atoms with E-state index in [4.69, 9.17) is 0 Å². The summed E-state index contributed by atoms with van der Waals surface area (Å²) in [6.45, 7) is 0. The van der Waals surface area contributed by atoms with Crippen molar-refractivity contribution >= 4 is 64.6 Å². The molecule has 10 aromatic carbocycles. The molecule has 0 nitrogen and oxygen atoms in total. The molecule has 10 aromatic rings. The maximum Gasteiger partial charge on any atom is -0.00199 e. The molecular formula is C48H28. The fourth-order valence-electron chi connectivity index (χ4n) is 8.55. The molecule has 0 spiro atoms. The van der Waals surface area contributed by atoms with Crippen LogP contribution in [-0.2, 0) is 0 Å². The van der Waals surface area contributed by atoms with Gasteiger partial charge in [-0.05, 0) is 146 Å². The zero-order chi connectivity index (χ0) is 31.3. The molecule has 1 aliphatic carbocycles. The summed E-state index contributed by atoms with van der Waals surface area (Å²) in [4.78, 5) is 0. The molecule has 0 aromatic heterocycles. The summed E-state index contributed by atoms with van der Waals surface area (Å²) >= 11 is 0. The van der Waals surface area contributed by atoms with E-state index in [0.717, 1.165) is 0 Å². The molecule has 0 radical (unpaired) electrons. The second kappa shape index (κ2) is 9.64. The van der Waals surface area contributed by atoms with Crippen molar-refractivity contribution in [1.82, 2.24) is 0 Å². The zero-order valence-electron chi connectivity index (χ0n) is 26.2. The van der Waals surface area contributed by atoms with Gasteiger partial charge in [0.15, 0.2) is 0 Å². The molecule has 0 fully saturated rings. The number of hydrogen-bond donors (Lipinski definition) is 0. The van der Waals surface area contributed by atoms with Gasteiger partial charge in [-0.25, -0.2) is 0 Å². The van der Waals surface area contributed by atoms with Crippen molar-refractivity contribution in [2.24, 2.45) is 0 Å². The average Bonchev–Trinajstić information content (AvgIpc) is 3.46. The SMILES string of the molecule is c1ccc(-c2ccc3cc4c(cc3c2)-c2cccc3c2c-4cc2c4ccccc4c(-c4cc5ccccc5c5ccccc45)cc32)cc1. The Morgan fingerprint density at radius 1 is 0.208 bits per heavy atom. The van der Waals surface area contributed by atoms with Crippen LogP contribution in [0, 0.1) is 0 Å². The van der Waals surface area contributed by atoms with Gasteiger partial charge in [0.1, 0.15) is 0 Å². The standard InChI is InChI=1S/C48H28/c1-2-11-29(12-3-1)30-21-22-31-24-43-42(26-33(31)23-30)39-19-10-20-40-46-27-44(37-17-8-9-18-38(37)45(46)28-47(43)48(39)40)41-25-32-13-4-5-14-34(32)35-15-6-7-16-36(35)41/h1-28H. The van der Waals surface area contributed by atoms with E-state index in [0.29, 0.717) is 0 Å². The normalized spacial score (nSPS) is 12.2. The first-order valence-electron chi connectivity index (χ1n) is 16.8. The van der Waals surface area contributed by atoms with Crippen molar-refractivity contribution in [2.75, 3.05) is 0 Å². The molecule has 48 heavy (non-hydrogen) atoms. The summed E-state index contributed by atoms with van der Waals surface area (Å²) in [6.07, 6.45) is 0. The quantitative estimate of drug-likeness (QED) is 0.172. The minimum Gasteiger partial charge on any atom is -0.0622 e. The molecule has 0 amide bonds. The van der Waals surface area contributed by atoms with Gasteiger partial charge in [0, 0.05) is 0 Å². The highest BCUT2D eigenvalue weighted by Crippen LogP contribution is 2.52. The maximum absolute atomic E-state index is 2.47. The molecule has 0 heterocycles. The Bertz CT molecular complexity index is 2980.